The Morgan fingerprint density at radius 3 is 2.57 bits per heavy atom. The molecule has 1 amide bonds. The molecule has 0 aliphatic rings. The van der Waals surface area contributed by atoms with E-state index < -0.39 is 11.8 Å². The number of carbonyl (C=O) groups excluding carboxylic acids is 1. The Bertz CT molecular complexity index is 680. The van der Waals surface area contributed by atoms with Gasteiger partial charge in [-0.3, -0.25) is 4.79 Å². The van der Waals surface area contributed by atoms with E-state index in [-0.39, 0.29) is 0 Å². The van der Waals surface area contributed by atoms with Crippen LogP contribution in [0.4, 0.5) is 5.69 Å². The smallest absolute Gasteiger partial charge is 0.242 e. The zero-order valence-electron chi connectivity index (χ0n) is 11.0. The Kier molecular flexibility index (Phi) is 5.21. The zero-order valence-corrected chi connectivity index (χ0v) is 12.5. The summed E-state index contributed by atoms with van der Waals surface area (Å²) in [6.07, 6.45) is 0.349. The lowest BCUT2D eigenvalue weighted by Crippen LogP contribution is -2.23. The van der Waals surface area contributed by atoms with Crippen LogP contribution in [0.3, 0.4) is 0 Å². The van der Waals surface area contributed by atoms with Gasteiger partial charge >= 0.3 is 0 Å². The van der Waals surface area contributed by atoms with E-state index in [1.54, 1.807) is 18.2 Å². The molecular weight excluding hydrogens is 307 g/mol. The quantitative estimate of drug-likeness (QED) is 0.913. The predicted molar refractivity (Wildman–Crippen MR) is 84.3 cm³/mol. The third-order valence-corrected chi connectivity index (χ3v) is 3.51. The topological polar surface area (TPSA) is 52.9 Å². The maximum atomic E-state index is 12.2. The summed E-state index contributed by atoms with van der Waals surface area (Å²) in [4.78, 5) is 12.2. The number of hydrogen-bond donors (Lipinski definition) is 1. The van der Waals surface area contributed by atoms with Gasteiger partial charge in [0.2, 0.25) is 5.91 Å². The van der Waals surface area contributed by atoms with E-state index in [2.05, 4.69) is 5.32 Å². The largest absolute Gasteiger partial charge is 0.324 e. The van der Waals surface area contributed by atoms with Crippen molar-refractivity contribution in [1.29, 1.82) is 5.26 Å². The molecule has 2 aromatic rings. The third-order valence-electron chi connectivity index (χ3n) is 2.94. The van der Waals surface area contributed by atoms with Gasteiger partial charge in [-0.15, -0.1) is 0 Å². The van der Waals surface area contributed by atoms with E-state index >= 15 is 0 Å². The van der Waals surface area contributed by atoms with Gasteiger partial charge in [0, 0.05) is 5.02 Å². The maximum Gasteiger partial charge on any atom is 0.242 e. The fourth-order valence-electron chi connectivity index (χ4n) is 1.86. The molecule has 2 aromatic carbocycles. The first-order valence-corrected chi connectivity index (χ1v) is 7.05. The van der Waals surface area contributed by atoms with Crippen molar-refractivity contribution in [2.24, 2.45) is 5.92 Å². The van der Waals surface area contributed by atoms with Gasteiger partial charge in [-0.25, -0.2) is 0 Å². The van der Waals surface area contributed by atoms with Gasteiger partial charge in [0.1, 0.15) is 5.92 Å². The Balaban J connectivity index is 2.10. The van der Waals surface area contributed by atoms with Gasteiger partial charge in [-0.2, -0.15) is 5.26 Å². The molecule has 1 unspecified atom stereocenters. The Morgan fingerprint density at radius 1 is 1.19 bits per heavy atom. The molecule has 0 spiro atoms. The minimum atomic E-state index is -0.789. The van der Waals surface area contributed by atoms with Gasteiger partial charge in [0.15, 0.2) is 0 Å². The zero-order chi connectivity index (χ0) is 15.2. The van der Waals surface area contributed by atoms with Gasteiger partial charge in [-0.05, 0) is 30.2 Å². The van der Waals surface area contributed by atoms with Crippen LogP contribution in [0.2, 0.25) is 10.0 Å². The second-order valence-corrected chi connectivity index (χ2v) is 5.33. The highest BCUT2D eigenvalue weighted by Crippen LogP contribution is 2.26. The number of amides is 1. The van der Waals surface area contributed by atoms with Crippen molar-refractivity contribution < 1.29 is 4.79 Å². The minimum Gasteiger partial charge on any atom is -0.324 e. The lowest BCUT2D eigenvalue weighted by Gasteiger charge is -2.11. The number of benzene rings is 2. The second kappa shape index (κ2) is 7.12. The summed E-state index contributed by atoms with van der Waals surface area (Å²) in [6, 6.07) is 16.2. The van der Waals surface area contributed by atoms with Crippen LogP contribution in [0.1, 0.15) is 5.56 Å². The molecule has 5 heteroatoms. The SMILES string of the molecule is N#CC(Cc1ccccc1)C(=O)Nc1cc(Cl)ccc1Cl. The fraction of sp³-hybridized carbons (Fsp3) is 0.125. The molecule has 0 saturated carbocycles. The number of nitriles is 1. The molecule has 0 fully saturated rings. The maximum absolute atomic E-state index is 12.2. The summed E-state index contributed by atoms with van der Waals surface area (Å²) >= 11 is 11.9. The first kappa shape index (κ1) is 15.4. The number of nitrogens with one attached hydrogen (secondary N) is 1. The molecule has 0 heterocycles. The van der Waals surface area contributed by atoms with Gasteiger partial charge in [0.05, 0.1) is 16.8 Å². The van der Waals surface area contributed by atoms with Gasteiger partial charge in [-0.1, -0.05) is 53.5 Å². The van der Waals surface area contributed by atoms with Crippen molar-refractivity contribution in [3.63, 3.8) is 0 Å². The molecule has 106 valence electrons. The van der Waals surface area contributed by atoms with E-state index in [1.807, 2.05) is 36.4 Å². The number of hydrogen-bond acceptors (Lipinski definition) is 2. The molecule has 0 radical (unpaired) electrons. The van der Waals surface area contributed by atoms with Crippen molar-refractivity contribution in [2.45, 2.75) is 6.42 Å². The Morgan fingerprint density at radius 2 is 1.90 bits per heavy atom. The number of anilines is 1. The molecule has 0 bridgehead atoms. The molecular formula is C16H12Cl2N2O. The molecule has 0 aliphatic heterocycles. The van der Waals surface area contributed by atoms with E-state index in [1.165, 1.54) is 0 Å². The molecule has 0 aliphatic carbocycles. The minimum absolute atomic E-state index is 0.349. The van der Waals surface area contributed by atoms with Crippen LogP contribution < -0.4 is 5.32 Å². The lowest BCUT2D eigenvalue weighted by molar-refractivity contribution is -0.118. The molecule has 21 heavy (non-hydrogen) atoms. The number of nitrogens with zero attached hydrogens (tertiary/aromatic N) is 1. The van der Waals surface area contributed by atoms with Crippen molar-refractivity contribution >= 4 is 34.8 Å². The summed E-state index contributed by atoms with van der Waals surface area (Å²) < 4.78 is 0. The molecule has 0 aromatic heterocycles. The highest BCUT2D eigenvalue weighted by molar-refractivity contribution is 6.35. The highest BCUT2D eigenvalue weighted by atomic mass is 35.5. The summed E-state index contributed by atoms with van der Waals surface area (Å²) in [5.74, 6) is -1.19. The average Bonchev–Trinajstić information content (AvgIpc) is 2.49. The van der Waals surface area contributed by atoms with Crippen LogP contribution in [0.5, 0.6) is 0 Å². The highest BCUT2D eigenvalue weighted by Gasteiger charge is 2.19. The van der Waals surface area contributed by atoms with Crippen molar-refractivity contribution in [1.82, 2.24) is 0 Å². The summed E-state index contributed by atoms with van der Waals surface area (Å²) in [7, 11) is 0. The van der Waals surface area contributed by atoms with Crippen molar-refractivity contribution in [2.75, 3.05) is 5.32 Å². The van der Waals surface area contributed by atoms with Gasteiger partial charge < -0.3 is 5.32 Å². The number of rotatable bonds is 4. The van der Waals surface area contributed by atoms with Crippen LogP contribution >= 0.6 is 23.2 Å². The molecule has 1 N–H and O–H groups in total. The van der Waals surface area contributed by atoms with E-state index in [4.69, 9.17) is 23.2 Å². The molecule has 0 saturated heterocycles. The van der Waals surface area contributed by atoms with E-state index in [0.29, 0.717) is 22.2 Å². The Hall–Kier alpha value is -2.02. The lowest BCUT2D eigenvalue weighted by atomic mass is 10.00. The monoisotopic (exact) mass is 318 g/mol. The standard InChI is InChI=1S/C16H12Cl2N2O/c17-13-6-7-14(18)15(9-13)20-16(21)12(10-19)8-11-4-2-1-3-5-11/h1-7,9,12H,8H2,(H,20,21). The average molecular weight is 319 g/mol. The molecule has 3 nitrogen and oxygen atoms in total. The molecule has 1 atom stereocenters. The Labute approximate surface area is 133 Å². The summed E-state index contributed by atoms with van der Waals surface area (Å²) in [5.41, 5.74) is 1.33. The second-order valence-electron chi connectivity index (χ2n) is 4.48. The van der Waals surface area contributed by atoms with Gasteiger partial charge in [0.25, 0.3) is 0 Å². The number of carbonyl (C=O) groups is 1. The summed E-state index contributed by atoms with van der Waals surface area (Å²) in [6.45, 7) is 0. The first-order valence-electron chi connectivity index (χ1n) is 6.29. The van der Waals surface area contributed by atoms with Crippen molar-refractivity contribution in [3.8, 4) is 6.07 Å². The normalized spacial score (nSPS) is 11.5. The van der Waals surface area contributed by atoms with Crippen LogP contribution in [0, 0.1) is 17.2 Å². The fourth-order valence-corrected chi connectivity index (χ4v) is 2.20. The molecule has 2 rings (SSSR count). The van der Waals surface area contributed by atoms with Crippen LogP contribution in [-0.2, 0) is 11.2 Å². The van der Waals surface area contributed by atoms with Crippen LogP contribution in [0.25, 0.3) is 0 Å². The van der Waals surface area contributed by atoms with Crippen LogP contribution in [0.15, 0.2) is 48.5 Å². The predicted octanol–water partition coefficient (Wildman–Crippen LogP) is 4.31. The first-order chi connectivity index (χ1) is 10.1. The van der Waals surface area contributed by atoms with E-state index in [0.717, 1.165) is 5.56 Å². The van der Waals surface area contributed by atoms with Crippen molar-refractivity contribution in [3.05, 3.63) is 64.1 Å². The summed E-state index contributed by atoms with van der Waals surface area (Å²) in [5, 5.41) is 12.7. The number of halogens is 2. The van der Waals surface area contributed by atoms with E-state index in [9.17, 15) is 10.1 Å². The third kappa shape index (κ3) is 4.22. The van der Waals surface area contributed by atoms with Crippen LogP contribution in [-0.4, -0.2) is 5.91 Å².